The van der Waals surface area contributed by atoms with Gasteiger partial charge in [0.05, 0.1) is 5.02 Å². The van der Waals surface area contributed by atoms with Crippen LogP contribution in [0.2, 0.25) is 5.02 Å². The highest BCUT2D eigenvalue weighted by molar-refractivity contribution is 6.32. The van der Waals surface area contributed by atoms with Gasteiger partial charge in [0.15, 0.2) is 11.6 Å². The number of phenols is 1. The maximum absolute atomic E-state index is 13.9. The van der Waals surface area contributed by atoms with Crippen LogP contribution < -0.4 is 5.32 Å². The standard InChI is InChI=1S/C15H13ClFNO3/c1-9-7-11(16)14(19)13(12(9)17)18-15(20)21-8-10-5-3-2-4-6-10/h2-7,19H,8H2,1H3,(H,18,20). The molecule has 0 heterocycles. The molecule has 0 saturated carbocycles. The van der Waals surface area contributed by atoms with Gasteiger partial charge in [0.2, 0.25) is 0 Å². The van der Waals surface area contributed by atoms with E-state index >= 15 is 0 Å². The summed E-state index contributed by atoms with van der Waals surface area (Å²) in [5.74, 6) is -1.29. The molecule has 2 N–H and O–H groups in total. The Labute approximate surface area is 126 Å². The molecular weight excluding hydrogens is 297 g/mol. The molecule has 4 nitrogen and oxygen atoms in total. The second kappa shape index (κ2) is 6.45. The van der Waals surface area contributed by atoms with Crippen LogP contribution in [-0.4, -0.2) is 11.2 Å². The number of carbonyl (C=O) groups is 1. The molecule has 2 aromatic rings. The van der Waals surface area contributed by atoms with Crippen LogP contribution in [0.1, 0.15) is 11.1 Å². The van der Waals surface area contributed by atoms with Crippen LogP contribution in [0.5, 0.6) is 5.75 Å². The number of aromatic hydroxyl groups is 1. The number of hydrogen-bond acceptors (Lipinski definition) is 3. The molecule has 0 atom stereocenters. The molecule has 6 heteroatoms. The Hall–Kier alpha value is -2.27. The van der Waals surface area contributed by atoms with Gasteiger partial charge in [0, 0.05) is 0 Å². The summed E-state index contributed by atoms with van der Waals surface area (Å²) < 4.78 is 18.8. The molecule has 0 aliphatic rings. The lowest BCUT2D eigenvalue weighted by molar-refractivity contribution is 0.155. The van der Waals surface area contributed by atoms with E-state index in [2.05, 4.69) is 5.32 Å². The van der Waals surface area contributed by atoms with E-state index in [1.165, 1.54) is 13.0 Å². The SMILES string of the molecule is Cc1cc(Cl)c(O)c(NC(=O)OCc2ccccc2)c1F. The Morgan fingerprint density at radius 3 is 2.71 bits per heavy atom. The molecule has 110 valence electrons. The highest BCUT2D eigenvalue weighted by Crippen LogP contribution is 2.36. The number of anilines is 1. The zero-order chi connectivity index (χ0) is 15.4. The number of phenolic OH excluding ortho intramolecular Hbond substituents is 1. The largest absolute Gasteiger partial charge is 0.504 e. The average Bonchev–Trinajstić information content (AvgIpc) is 2.48. The number of halogens is 2. The zero-order valence-electron chi connectivity index (χ0n) is 11.2. The maximum Gasteiger partial charge on any atom is 0.412 e. The molecule has 0 unspecified atom stereocenters. The predicted octanol–water partition coefficient (Wildman–Crippen LogP) is 4.24. The van der Waals surface area contributed by atoms with Crippen LogP contribution in [0.25, 0.3) is 0 Å². The summed E-state index contributed by atoms with van der Waals surface area (Å²) in [4.78, 5) is 11.7. The molecule has 0 aromatic heterocycles. The molecule has 21 heavy (non-hydrogen) atoms. The highest BCUT2D eigenvalue weighted by atomic mass is 35.5. The van der Waals surface area contributed by atoms with Crippen molar-refractivity contribution in [2.24, 2.45) is 0 Å². The van der Waals surface area contributed by atoms with E-state index in [-0.39, 0.29) is 17.2 Å². The minimum atomic E-state index is -0.880. The van der Waals surface area contributed by atoms with Crippen LogP contribution in [0.3, 0.4) is 0 Å². The third-order valence-corrected chi connectivity index (χ3v) is 3.10. The first-order chi connectivity index (χ1) is 9.99. The highest BCUT2D eigenvalue weighted by Gasteiger charge is 2.17. The number of nitrogens with one attached hydrogen (secondary N) is 1. The van der Waals surface area contributed by atoms with Gasteiger partial charge in [0.25, 0.3) is 0 Å². The first-order valence-corrected chi connectivity index (χ1v) is 6.52. The molecule has 0 fully saturated rings. The van der Waals surface area contributed by atoms with Gasteiger partial charge in [-0.15, -0.1) is 0 Å². The first kappa shape index (κ1) is 15.1. The fourth-order valence-electron chi connectivity index (χ4n) is 1.72. The summed E-state index contributed by atoms with van der Waals surface area (Å²) in [6.45, 7) is 1.51. The van der Waals surface area contributed by atoms with Crippen LogP contribution in [0.15, 0.2) is 36.4 Å². The van der Waals surface area contributed by atoms with Gasteiger partial charge in [-0.05, 0) is 24.1 Å². The molecule has 0 saturated heterocycles. The normalized spacial score (nSPS) is 10.2. The lowest BCUT2D eigenvalue weighted by Crippen LogP contribution is -2.15. The van der Waals surface area contributed by atoms with E-state index in [1.54, 1.807) is 12.1 Å². The van der Waals surface area contributed by atoms with Crippen molar-refractivity contribution >= 4 is 23.4 Å². The second-order valence-electron chi connectivity index (χ2n) is 4.40. The van der Waals surface area contributed by atoms with E-state index in [9.17, 15) is 14.3 Å². The van der Waals surface area contributed by atoms with Gasteiger partial charge < -0.3 is 9.84 Å². The average molecular weight is 310 g/mol. The van der Waals surface area contributed by atoms with E-state index in [0.717, 1.165) is 5.56 Å². The van der Waals surface area contributed by atoms with Crippen molar-refractivity contribution in [3.8, 4) is 5.75 Å². The Kier molecular flexibility index (Phi) is 4.65. The van der Waals surface area contributed by atoms with Gasteiger partial charge >= 0.3 is 6.09 Å². The van der Waals surface area contributed by atoms with Gasteiger partial charge in [-0.1, -0.05) is 41.9 Å². The third kappa shape index (κ3) is 3.64. The molecule has 0 radical (unpaired) electrons. The smallest absolute Gasteiger partial charge is 0.412 e. The maximum atomic E-state index is 13.9. The molecule has 2 rings (SSSR count). The Morgan fingerprint density at radius 2 is 2.05 bits per heavy atom. The second-order valence-corrected chi connectivity index (χ2v) is 4.81. The number of carbonyl (C=O) groups excluding carboxylic acids is 1. The molecule has 0 bridgehead atoms. The van der Waals surface area contributed by atoms with Crippen molar-refractivity contribution in [1.29, 1.82) is 0 Å². The number of rotatable bonds is 3. The minimum Gasteiger partial charge on any atom is -0.504 e. The van der Waals surface area contributed by atoms with E-state index < -0.39 is 23.3 Å². The fourth-order valence-corrected chi connectivity index (χ4v) is 1.98. The number of aryl methyl sites for hydroxylation is 1. The van der Waals surface area contributed by atoms with E-state index in [1.807, 2.05) is 18.2 Å². The monoisotopic (exact) mass is 309 g/mol. The lowest BCUT2D eigenvalue weighted by atomic mass is 10.2. The van der Waals surface area contributed by atoms with Crippen molar-refractivity contribution in [2.75, 3.05) is 5.32 Å². The quantitative estimate of drug-likeness (QED) is 0.834. The van der Waals surface area contributed by atoms with Crippen molar-refractivity contribution < 1.29 is 19.0 Å². The van der Waals surface area contributed by atoms with Crippen LogP contribution in [0.4, 0.5) is 14.9 Å². The fraction of sp³-hybridized carbons (Fsp3) is 0.133. The number of hydrogen-bond donors (Lipinski definition) is 2. The van der Waals surface area contributed by atoms with Crippen LogP contribution in [0, 0.1) is 12.7 Å². The summed E-state index contributed by atoms with van der Waals surface area (Å²) in [7, 11) is 0. The number of ether oxygens (including phenoxy) is 1. The molecule has 2 aromatic carbocycles. The van der Waals surface area contributed by atoms with Gasteiger partial charge in [-0.25, -0.2) is 9.18 Å². The minimum absolute atomic E-state index is 0.0363. The van der Waals surface area contributed by atoms with Gasteiger partial charge in [0.1, 0.15) is 12.3 Å². The van der Waals surface area contributed by atoms with Crippen LogP contribution in [-0.2, 0) is 11.3 Å². The molecule has 1 amide bonds. The van der Waals surface area contributed by atoms with Crippen molar-refractivity contribution in [3.05, 3.63) is 58.4 Å². The van der Waals surface area contributed by atoms with Gasteiger partial charge in [-0.3, -0.25) is 5.32 Å². The first-order valence-electron chi connectivity index (χ1n) is 6.14. The summed E-state index contributed by atoms with van der Waals surface area (Å²) in [6.07, 6.45) is -0.880. The van der Waals surface area contributed by atoms with Crippen molar-refractivity contribution in [3.63, 3.8) is 0 Å². The topological polar surface area (TPSA) is 58.6 Å². The zero-order valence-corrected chi connectivity index (χ0v) is 11.9. The van der Waals surface area contributed by atoms with E-state index in [0.29, 0.717) is 0 Å². The summed E-state index contributed by atoms with van der Waals surface area (Å²) >= 11 is 5.74. The number of benzene rings is 2. The predicted molar refractivity (Wildman–Crippen MR) is 78.1 cm³/mol. The van der Waals surface area contributed by atoms with Crippen molar-refractivity contribution in [1.82, 2.24) is 0 Å². The Bertz CT molecular complexity index is 635. The third-order valence-electron chi connectivity index (χ3n) is 2.81. The van der Waals surface area contributed by atoms with Gasteiger partial charge in [-0.2, -0.15) is 0 Å². The molecular formula is C15H13ClFNO3. The van der Waals surface area contributed by atoms with Crippen molar-refractivity contribution in [2.45, 2.75) is 13.5 Å². The summed E-state index contributed by atoms with van der Waals surface area (Å²) in [5, 5.41) is 11.8. The van der Waals surface area contributed by atoms with E-state index in [4.69, 9.17) is 16.3 Å². The number of amides is 1. The molecule has 0 spiro atoms. The molecule has 0 aliphatic heterocycles. The summed E-state index contributed by atoms with van der Waals surface area (Å²) in [5.41, 5.74) is 0.605. The van der Waals surface area contributed by atoms with Crippen LogP contribution >= 0.6 is 11.6 Å². The Balaban J connectivity index is 2.07. The molecule has 0 aliphatic carbocycles. The lowest BCUT2D eigenvalue weighted by Gasteiger charge is -2.12. The Morgan fingerprint density at radius 1 is 1.38 bits per heavy atom. The summed E-state index contributed by atoms with van der Waals surface area (Å²) in [6, 6.07) is 10.3.